The van der Waals surface area contributed by atoms with Gasteiger partial charge in [-0.2, -0.15) is 0 Å². The van der Waals surface area contributed by atoms with E-state index < -0.39 is 6.10 Å². The number of aliphatic hydroxyl groups excluding tert-OH is 1. The Morgan fingerprint density at radius 2 is 1.97 bits per heavy atom. The molecule has 1 aliphatic heterocycles. The summed E-state index contributed by atoms with van der Waals surface area (Å²) in [6.45, 7) is 7.84. The molecule has 1 aliphatic rings. The van der Waals surface area contributed by atoms with Crippen LogP contribution in [-0.4, -0.2) is 43.6 Å². The fourth-order valence-electron chi connectivity index (χ4n) is 3.42. The van der Waals surface area contributed by atoms with Gasteiger partial charge in [-0.05, 0) is 62.6 Å². The average Bonchev–Trinajstić information content (AvgIpc) is 2.77. The van der Waals surface area contributed by atoms with Gasteiger partial charge in [0.2, 0.25) is 0 Å². The molecule has 3 N–H and O–H groups in total. The molecule has 33 heavy (non-hydrogen) atoms. The number of nitrogens with one attached hydrogen (secondary N) is 2. The quantitative estimate of drug-likeness (QED) is 0.240. The Labute approximate surface area is 211 Å². The second-order valence-corrected chi connectivity index (χ2v) is 7.81. The minimum atomic E-state index is -0.734. The monoisotopic (exact) mass is 573 g/mol. The molecule has 2 aromatic carbocycles. The molecule has 0 saturated carbocycles. The number of hydrogen-bond donors (Lipinski definition) is 3. The van der Waals surface area contributed by atoms with Crippen LogP contribution in [0.25, 0.3) is 0 Å². The molecule has 0 aromatic heterocycles. The van der Waals surface area contributed by atoms with E-state index in [1.54, 1.807) is 0 Å². The van der Waals surface area contributed by atoms with Crippen molar-refractivity contribution in [1.82, 2.24) is 10.6 Å². The van der Waals surface area contributed by atoms with Gasteiger partial charge in [0.15, 0.2) is 12.8 Å². The number of aliphatic imine (C=N–C) groups is 1. The fraction of sp³-hybridized carbons (Fsp3) is 0.458. The van der Waals surface area contributed by atoms with E-state index in [0.717, 1.165) is 22.4 Å². The standard InChI is InChI=1S/C24H32FN3O4.HI/c1-4-26-24(28-13-22(29)17-5-7-21(8-6-17)32-16(2)3)27-10-9-18-11-20(25)12-19-14-30-15-31-23(18)19;/h5-8,11-12,16,22,29H,4,9-10,13-15H2,1-3H3,(H2,26,27,28);1H. The smallest absolute Gasteiger partial charge is 0.191 e. The van der Waals surface area contributed by atoms with Crippen molar-refractivity contribution in [2.45, 2.75) is 46.0 Å². The third kappa shape index (κ3) is 8.31. The lowest BCUT2D eigenvalue weighted by molar-refractivity contribution is -0.0172. The number of ether oxygens (including phenoxy) is 3. The molecule has 0 fully saturated rings. The summed E-state index contributed by atoms with van der Waals surface area (Å²) in [4.78, 5) is 4.48. The maximum Gasteiger partial charge on any atom is 0.191 e. The molecule has 1 unspecified atom stereocenters. The molecule has 0 bridgehead atoms. The zero-order chi connectivity index (χ0) is 22.9. The van der Waals surface area contributed by atoms with Crippen LogP contribution in [0, 0.1) is 5.82 Å². The lowest BCUT2D eigenvalue weighted by Crippen LogP contribution is -2.38. The van der Waals surface area contributed by atoms with E-state index in [9.17, 15) is 9.50 Å². The maximum absolute atomic E-state index is 13.9. The van der Waals surface area contributed by atoms with Gasteiger partial charge in [-0.1, -0.05) is 12.1 Å². The maximum atomic E-state index is 13.9. The number of guanidine groups is 1. The Hall–Kier alpha value is -2.11. The summed E-state index contributed by atoms with van der Waals surface area (Å²) < 4.78 is 30.3. The Bertz CT molecular complexity index is 909. The molecule has 0 amide bonds. The number of aliphatic hydroxyl groups is 1. The summed E-state index contributed by atoms with van der Waals surface area (Å²) >= 11 is 0. The Balaban J connectivity index is 0.00000385. The molecular formula is C24H33FIN3O4. The third-order valence-corrected chi connectivity index (χ3v) is 4.84. The minimum Gasteiger partial charge on any atom is -0.491 e. The summed E-state index contributed by atoms with van der Waals surface area (Å²) in [5.41, 5.74) is 2.28. The van der Waals surface area contributed by atoms with Gasteiger partial charge in [-0.15, -0.1) is 24.0 Å². The first kappa shape index (κ1) is 27.1. The highest BCUT2D eigenvalue weighted by molar-refractivity contribution is 14.0. The van der Waals surface area contributed by atoms with Crippen LogP contribution in [0.3, 0.4) is 0 Å². The van der Waals surface area contributed by atoms with Crippen molar-refractivity contribution in [2.24, 2.45) is 4.99 Å². The zero-order valence-electron chi connectivity index (χ0n) is 19.3. The first-order valence-electron chi connectivity index (χ1n) is 10.9. The summed E-state index contributed by atoms with van der Waals surface area (Å²) in [5, 5.41) is 16.9. The highest BCUT2D eigenvalue weighted by Crippen LogP contribution is 2.29. The van der Waals surface area contributed by atoms with Crippen LogP contribution in [0.1, 0.15) is 43.6 Å². The molecule has 0 aliphatic carbocycles. The lowest BCUT2D eigenvalue weighted by Gasteiger charge is -2.21. The van der Waals surface area contributed by atoms with E-state index in [4.69, 9.17) is 14.2 Å². The van der Waals surface area contributed by atoms with Crippen molar-refractivity contribution in [3.63, 3.8) is 0 Å². The van der Waals surface area contributed by atoms with Gasteiger partial charge in [-0.3, -0.25) is 4.99 Å². The normalized spacial score (nSPS) is 14.1. The second-order valence-electron chi connectivity index (χ2n) is 7.81. The first-order chi connectivity index (χ1) is 15.5. The molecule has 0 saturated heterocycles. The topological polar surface area (TPSA) is 84.3 Å². The largest absolute Gasteiger partial charge is 0.491 e. The van der Waals surface area contributed by atoms with E-state index in [1.165, 1.54) is 12.1 Å². The van der Waals surface area contributed by atoms with Gasteiger partial charge in [0.25, 0.3) is 0 Å². The minimum absolute atomic E-state index is 0. The Morgan fingerprint density at radius 1 is 1.21 bits per heavy atom. The predicted octanol–water partition coefficient (Wildman–Crippen LogP) is 3.93. The molecular weight excluding hydrogens is 540 g/mol. The number of halogens is 2. The predicted molar refractivity (Wildman–Crippen MR) is 137 cm³/mol. The van der Waals surface area contributed by atoms with Crippen LogP contribution in [0.15, 0.2) is 41.4 Å². The number of rotatable bonds is 9. The van der Waals surface area contributed by atoms with E-state index in [1.807, 2.05) is 45.0 Å². The van der Waals surface area contributed by atoms with Crippen LogP contribution in [0.2, 0.25) is 0 Å². The molecule has 9 heteroatoms. The van der Waals surface area contributed by atoms with Crippen LogP contribution < -0.4 is 20.1 Å². The van der Waals surface area contributed by atoms with Crippen LogP contribution in [0.5, 0.6) is 11.5 Å². The summed E-state index contributed by atoms with van der Waals surface area (Å²) in [6.07, 6.45) is -0.0752. The number of hydrogen-bond acceptors (Lipinski definition) is 5. The van der Waals surface area contributed by atoms with Crippen LogP contribution >= 0.6 is 24.0 Å². The van der Waals surface area contributed by atoms with Crippen molar-refractivity contribution >= 4 is 29.9 Å². The van der Waals surface area contributed by atoms with Crippen molar-refractivity contribution in [3.8, 4) is 11.5 Å². The van der Waals surface area contributed by atoms with Crippen molar-refractivity contribution in [1.29, 1.82) is 0 Å². The molecule has 1 heterocycles. The molecule has 1 atom stereocenters. The summed E-state index contributed by atoms with van der Waals surface area (Å²) in [5.74, 6) is 1.74. The van der Waals surface area contributed by atoms with Crippen molar-refractivity contribution in [2.75, 3.05) is 26.4 Å². The Kier molecular flexibility index (Phi) is 11.2. The van der Waals surface area contributed by atoms with Gasteiger partial charge >= 0.3 is 0 Å². The van der Waals surface area contributed by atoms with Gasteiger partial charge in [-0.25, -0.2) is 4.39 Å². The second kappa shape index (κ2) is 13.6. The third-order valence-electron chi connectivity index (χ3n) is 4.84. The molecule has 182 valence electrons. The van der Waals surface area contributed by atoms with Gasteiger partial charge in [0, 0.05) is 18.7 Å². The number of nitrogens with zero attached hydrogens (tertiary/aromatic N) is 1. The SMILES string of the molecule is CCNC(=NCC(O)c1ccc(OC(C)C)cc1)NCCc1cc(F)cc2c1OCOC2.I. The Morgan fingerprint density at radius 3 is 2.67 bits per heavy atom. The molecule has 3 rings (SSSR count). The van der Waals surface area contributed by atoms with E-state index in [-0.39, 0.29) is 49.2 Å². The van der Waals surface area contributed by atoms with Crippen LogP contribution in [0.4, 0.5) is 4.39 Å². The van der Waals surface area contributed by atoms with E-state index in [2.05, 4.69) is 15.6 Å². The van der Waals surface area contributed by atoms with Gasteiger partial charge in [0.1, 0.15) is 17.3 Å². The van der Waals surface area contributed by atoms with E-state index in [0.29, 0.717) is 37.8 Å². The zero-order valence-corrected chi connectivity index (χ0v) is 21.6. The van der Waals surface area contributed by atoms with Crippen LogP contribution in [-0.2, 0) is 17.8 Å². The number of fused-ring (bicyclic) bond motifs is 1. The van der Waals surface area contributed by atoms with E-state index >= 15 is 0 Å². The van der Waals surface area contributed by atoms with Gasteiger partial charge in [0.05, 0.1) is 25.4 Å². The van der Waals surface area contributed by atoms with Crippen molar-refractivity contribution < 1.29 is 23.7 Å². The lowest BCUT2D eigenvalue weighted by atomic mass is 10.1. The highest BCUT2D eigenvalue weighted by Gasteiger charge is 2.17. The summed E-state index contributed by atoms with van der Waals surface area (Å²) in [7, 11) is 0. The molecule has 7 nitrogen and oxygen atoms in total. The summed E-state index contributed by atoms with van der Waals surface area (Å²) in [6, 6.07) is 10.3. The molecule has 0 spiro atoms. The first-order valence-corrected chi connectivity index (χ1v) is 10.9. The number of benzene rings is 2. The molecule has 0 radical (unpaired) electrons. The fourth-order valence-corrected chi connectivity index (χ4v) is 3.42. The van der Waals surface area contributed by atoms with Crippen molar-refractivity contribution in [3.05, 3.63) is 58.9 Å². The average molecular weight is 573 g/mol. The highest BCUT2D eigenvalue weighted by atomic mass is 127. The molecule has 2 aromatic rings. The van der Waals surface area contributed by atoms with Gasteiger partial charge < -0.3 is 30.0 Å².